The maximum absolute atomic E-state index is 6.61. The van der Waals surface area contributed by atoms with Gasteiger partial charge >= 0.3 is 0 Å². The zero-order valence-corrected chi connectivity index (χ0v) is 17.9. The molecule has 2 saturated carbocycles. The molecular formula is C24H46N2. The Morgan fingerprint density at radius 1 is 0.615 bits per heavy atom. The third-order valence-electron chi connectivity index (χ3n) is 8.16. The number of hydrogen-bond donors (Lipinski definition) is 1. The molecule has 0 bridgehead atoms. The number of likely N-dealkylation sites (tertiary alicyclic amines) is 1. The van der Waals surface area contributed by atoms with Gasteiger partial charge in [0.15, 0.2) is 0 Å². The van der Waals surface area contributed by atoms with E-state index in [9.17, 15) is 0 Å². The van der Waals surface area contributed by atoms with Crippen molar-refractivity contribution in [1.82, 2.24) is 4.90 Å². The summed E-state index contributed by atoms with van der Waals surface area (Å²) in [5.74, 6) is 1.95. The molecule has 0 radical (unpaired) electrons. The molecule has 2 N–H and O–H groups in total. The minimum absolute atomic E-state index is 0.0728. The van der Waals surface area contributed by atoms with Crippen molar-refractivity contribution < 1.29 is 0 Å². The Bertz CT molecular complexity index is 405. The van der Waals surface area contributed by atoms with Crippen LogP contribution in [0.3, 0.4) is 0 Å². The minimum atomic E-state index is 0.0728. The highest BCUT2D eigenvalue weighted by Crippen LogP contribution is 2.45. The van der Waals surface area contributed by atoms with E-state index in [0.29, 0.717) is 0 Å². The van der Waals surface area contributed by atoms with Crippen LogP contribution in [-0.2, 0) is 0 Å². The van der Waals surface area contributed by atoms with Gasteiger partial charge in [-0.1, -0.05) is 70.6 Å². The van der Waals surface area contributed by atoms with E-state index in [1.807, 2.05) is 0 Å². The van der Waals surface area contributed by atoms with E-state index in [-0.39, 0.29) is 5.54 Å². The van der Waals surface area contributed by atoms with E-state index in [2.05, 4.69) is 18.9 Å². The first kappa shape index (κ1) is 20.6. The van der Waals surface area contributed by atoms with Crippen molar-refractivity contribution in [2.45, 2.75) is 134 Å². The predicted octanol–water partition coefficient (Wildman–Crippen LogP) is 6.28. The van der Waals surface area contributed by atoms with Crippen LogP contribution in [0.5, 0.6) is 0 Å². The van der Waals surface area contributed by atoms with Gasteiger partial charge in [0.2, 0.25) is 0 Å². The molecule has 26 heavy (non-hydrogen) atoms. The van der Waals surface area contributed by atoms with Crippen LogP contribution in [-0.4, -0.2) is 29.6 Å². The largest absolute Gasteiger partial charge is 0.325 e. The summed E-state index contributed by atoms with van der Waals surface area (Å²) in [4.78, 5) is 2.86. The molecule has 3 fully saturated rings. The van der Waals surface area contributed by atoms with Crippen molar-refractivity contribution in [3.63, 3.8) is 0 Å². The van der Waals surface area contributed by atoms with Gasteiger partial charge in [-0.15, -0.1) is 0 Å². The Morgan fingerprint density at radius 2 is 1.04 bits per heavy atom. The topological polar surface area (TPSA) is 29.3 Å². The minimum Gasteiger partial charge on any atom is -0.325 e. The van der Waals surface area contributed by atoms with Gasteiger partial charge in [0.1, 0.15) is 0 Å². The first-order valence-corrected chi connectivity index (χ1v) is 12.1. The van der Waals surface area contributed by atoms with Gasteiger partial charge in [0.05, 0.1) is 0 Å². The average molecular weight is 363 g/mol. The summed E-state index contributed by atoms with van der Waals surface area (Å²) in [6.45, 7) is 2.30. The Morgan fingerprint density at radius 3 is 1.65 bits per heavy atom. The molecule has 0 spiro atoms. The smallest absolute Gasteiger partial charge is 0.0127 e. The van der Waals surface area contributed by atoms with Crippen LogP contribution < -0.4 is 5.73 Å². The highest BCUT2D eigenvalue weighted by atomic mass is 15.2. The molecule has 2 heteroatoms. The quantitative estimate of drug-likeness (QED) is 0.549. The van der Waals surface area contributed by atoms with E-state index in [0.717, 1.165) is 23.9 Å². The molecule has 1 saturated heterocycles. The van der Waals surface area contributed by atoms with Crippen molar-refractivity contribution in [1.29, 1.82) is 0 Å². The molecular weight excluding hydrogens is 316 g/mol. The molecule has 2 aliphatic carbocycles. The Balaban J connectivity index is 1.71. The molecule has 3 aliphatic rings. The molecule has 0 aromatic carbocycles. The van der Waals surface area contributed by atoms with Gasteiger partial charge in [-0.05, 0) is 64.3 Å². The second kappa shape index (κ2) is 9.92. The molecule has 0 aromatic heterocycles. The summed E-state index contributed by atoms with van der Waals surface area (Å²) in [6.07, 6.45) is 24.1. The van der Waals surface area contributed by atoms with Crippen molar-refractivity contribution >= 4 is 0 Å². The molecule has 1 aliphatic heterocycles. The van der Waals surface area contributed by atoms with E-state index in [4.69, 9.17) is 5.73 Å². The summed E-state index contributed by atoms with van der Waals surface area (Å²) >= 11 is 0. The lowest BCUT2D eigenvalue weighted by Gasteiger charge is -2.31. The van der Waals surface area contributed by atoms with Crippen LogP contribution in [0, 0.1) is 11.8 Å². The molecule has 152 valence electrons. The number of fused-ring (bicyclic) bond motifs is 3. The highest BCUT2D eigenvalue weighted by Gasteiger charge is 2.45. The fourth-order valence-corrected chi connectivity index (χ4v) is 6.61. The normalized spacial score (nSPS) is 42.1. The summed E-state index contributed by atoms with van der Waals surface area (Å²) in [5.41, 5.74) is 6.68. The van der Waals surface area contributed by atoms with Gasteiger partial charge in [0.25, 0.3) is 0 Å². The van der Waals surface area contributed by atoms with E-state index in [1.54, 1.807) is 0 Å². The lowest BCUT2D eigenvalue weighted by atomic mass is 9.77. The predicted molar refractivity (Wildman–Crippen MR) is 113 cm³/mol. The maximum atomic E-state index is 6.61. The van der Waals surface area contributed by atoms with Gasteiger partial charge in [-0.25, -0.2) is 0 Å². The zero-order valence-electron chi connectivity index (χ0n) is 17.9. The van der Waals surface area contributed by atoms with E-state index >= 15 is 0 Å². The maximum Gasteiger partial charge on any atom is 0.0127 e. The molecule has 5 unspecified atom stereocenters. The zero-order chi connectivity index (χ0) is 18.4. The molecule has 0 aromatic rings. The number of rotatable bonds is 0. The standard InChI is InChI=1S/C24H46N2/c1-24(25)18-12-8-7-10-15-21-20-14-9-5-3-4-6-11-16-22(20)26(2)23(21)17-13-19-24/h20-23H,3-19,25H2,1-2H3. The molecule has 2 nitrogen and oxygen atoms in total. The second-order valence-corrected chi connectivity index (χ2v) is 10.3. The van der Waals surface area contributed by atoms with Gasteiger partial charge in [-0.3, -0.25) is 4.90 Å². The summed E-state index contributed by atoms with van der Waals surface area (Å²) in [7, 11) is 2.47. The van der Waals surface area contributed by atoms with Crippen molar-refractivity contribution in [3.8, 4) is 0 Å². The van der Waals surface area contributed by atoms with E-state index in [1.165, 1.54) is 109 Å². The van der Waals surface area contributed by atoms with Crippen LogP contribution in [0.15, 0.2) is 0 Å². The summed E-state index contributed by atoms with van der Waals surface area (Å²) in [6, 6.07) is 1.71. The molecule has 5 atom stereocenters. The summed E-state index contributed by atoms with van der Waals surface area (Å²) in [5, 5.41) is 0. The van der Waals surface area contributed by atoms with Gasteiger partial charge in [0, 0.05) is 17.6 Å². The van der Waals surface area contributed by atoms with Crippen molar-refractivity contribution in [3.05, 3.63) is 0 Å². The number of nitrogens with two attached hydrogens (primary N) is 1. The van der Waals surface area contributed by atoms with Crippen LogP contribution in [0.4, 0.5) is 0 Å². The number of nitrogens with zero attached hydrogens (tertiary/aromatic N) is 1. The average Bonchev–Trinajstić information content (AvgIpc) is 2.85. The van der Waals surface area contributed by atoms with Gasteiger partial charge < -0.3 is 5.73 Å². The Labute approximate surface area is 163 Å². The second-order valence-electron chi connectivity index (χ2n) is 10.3. The molecule has 3 rings (SSSR count). The van der Waals surface area contributed by atoms with Crippen LogP contribution >= 0.6 is 0 Å². The fourth-order valence-electron chi connectivity index (χ4n) is 6.61. The third kappa shape index (κ3) is 5.47. The van der Waals surface area contributed by atoms with Crippen molar-refractivity contribution in [2.24, 2.45) is 17.6 Å². The van der Waals surface area contributed by atoms with Crippen LogP contribution in [0.25, 0.3) is 0 Å². The fraction of sp³-hybridized carbons (Fsp3) is 1.00. The van der Waals surface area contributed by atoms with Crippen molar-refractivity contribution in [2.75, 3.05) is 7.05 Å². The van der Waals surface area contributed by atoms with Gasteiger partial charge in [-0.2, -0.15) is 0 Å². The Hall–Kier alpha value is -0.0800. The Kier molecular flexibility index (Phi) is 7.88. The SMILES string of the molecule is CN1C2CCCCCCCCC2C2CCCCCCC(C)(N)CCCC21. The van der Waals surface area contributed by atoms with Crippen LogP contribution in [0.2, 0.25) is 0 Å². The highest BCUT2D eigenvalue weighted by molar-refractivity contribution is 4.98. The molecule has 1 heterocycles. The summed E-state index contributed by atoms with van der Waals surface area (Å²) < 4.78 is 0. The van der Waals surface area contributed by atoms with E-state index < -0.39 is 0 Å². The first-order chi connectivity index (χ1) is 12.6. The molecule has 0 amide bonds. The third-order valence-corrected chi connectivity index (χ3v) is 8.16. The first-order valence-electron chi connectivity index (χ1n) is 12.1. The monoisotopic (exact) mass is 362 g/mol. The lowest BCUT2D eigenvalue weighted by Crippen LogP contribution is -2.38. The number of hydrogen-bond acceptors (Lipinski definition) is 2. The van der Waals surface area contributed by atoms with Crippen LogP contribution in [0.1, 0.15) is 116 Å². The lowest BCUT2D eigenvalue weighted by molar-refractivity contribution is 0.187.